The van der Waals surface area contributed by atoms with Crippen LogP contribution in [0.2, 0.25) is 10.0 Å². The largest absolute Gasteiger partial charge is 0.452 e. The number of rotatable bonds is 6. The number of hydrogen-bond acceptors (Lipinski definition) is 6. The fourth-order valence-corrected chi connectivity index (χ4v) is 2.16. The average molecular weight is 396 g/mol. The van der Waals surface area contributed by atoms with E-state index in [0.717, 1.165) is 6.08 Å². The smallest absolute Gasteiger partial charge is 0.331 e. The number of carbonyl (C=O) groups is 2. The summed E-state index contributed by atoms with van der Waals surface area (Å²) in [6.07, 6.45) is 3.81. The van der Waals surface area contributed by atoms with Gasteiger partial charge in [-0.15, -0.1) is 0 Å². The van der Waals surface area contributed by atoms with Crippen molar-refractivity contribution in [1.29, 1.82) is 0 Å². The van der Waals surface area contributed by atoms with Crippen molar-refractivity contribution in [3.05, 3.63) is 68.3 Å². The van der Waals surface area contributed by atoms with Gasteiger partial charge in [-0.2, -0.15) is 0 Å². The van der Waals surface area contributed by atoms with Gasteiger partial charge in [0.05, 0.1) is 15.0 Å². The van der Waals surface area contributed by atoms with Crippen molar-refractivity contribution < 1.29 is 19.2 Å². The van der Waals surface area contributed by atoms with Crippen molar-refractivity contribution >= 4 is 52.7 Å². The molecule has 0 saturated carbocycles. The normalized spacial score (nSPS) is 10.5. The lowest BCUT2D eigenvalue weighted by Gasteiger charge is -2.06. The zero-order valence-corrected chi connectivity index (χ0v) is 14.5. The topological polar surface area (TPSA) is 111 Å². The molecule has 0 unspecified atom stereocenters. The highest BCUT2D eigenvalue weighted by Gasteiger charge is 2.10. The highest BCUT2D eigenvalue weighted by atomic mass is 35.5. The molecule has 1 amide bonds. The van der Waals surface area contributed by atoms with Crippen LogP contribution < -0.4 is 5.32 Å². The van der Waals surface area contributed by atoms with Crippen LogP contribution in [-0.4, -0.2) is 28.4 Å². The molecule has 2 aromatic rings. The Morgan fingerprint density at radius 2 is 1.96 bits per heavy atom. The summed E-state index contributed by atoms with van der Waals surface area (Å²) in [6, 6.07) is 6.97. The Morgan fingerprint density at radius 3 is 2.58 bits per heavy atom. The summed E-state index contributed by atoms with van der Waals surface area (Å²) in [5.41, 5.74) is 0.505. The summed E-state index contributed by atoms with van der Waals surface area (Å²) in [5, 5.41) is 13.4. The number of ether oxygens (including phenoxy) is 1. The highest BCUT2D eigenvalue weighted by Crippen LogP contribution is 2.22. The highest BCUT2D eigenvalue weighted by molar-refractivity contribution is 6.36. The van der Waals surface area contributed by atoms with E-state index in [-0.39, 0.29) is 16.5 Å². The van der Waals surface area contributed by atoms with E-state index in [2.05, 4.69) is 10.3 Å². The fourth-order valence-electron chi connectivity index (χ4n) is 1.73. The Kier molecular flexibility index (Phi) is 6.65. The molecular formula is C16H11Cl2N3O5. The number of pyridine rings is 1. The van der Waals surface area contributed by atoms with Gasteiger partial charge in [0.15, 0.2) is 12.4 Å². The van der Waals surface area contributed by atoms with Gasteiger partial charge >= 0.3 is 5.97 Å². The Bertz CT molecular complexity index is 869. The molecule has 134 valence electrons. The zero-order valence-electron chi connectivity index (χ0n) is 13.0. The molecule has 0 fully saturated rings. The van der Waals surface area contributed by atoms with E-state index in [1.165, 1.54) is 42.6 Å². The summed E-state index contributed by atoms with van der Waals surface area (Å²) in [7, 11) is 0. The molecule has 1 N–H and O–H groups in total. The molecule has 0 bridgehead atoms. The average Bonchev–Trinajstić information content (AvgIpc) is 2.61. The fraction of sp³-hybridized carbons (Fsp3) is 0.0625. The number of nitro groups is 1. The molecule has 0 spiro atoms. The number of aromatic nitrogens is 1. The number of nitrogens with zero attached hydrogens (tertiary/aromatic N) is 2. The first-order valence-corrected chi connectivity index (χ1v) is 7.81. The molecule has 1 heterocycles. The molecule has 2 rings (SSSR count). The first kappa shape index (κ1) is 19.4. The van der Waals surface area contributed by atoms with Crippen molar-refractivity contribution in [1.82, 2.24) is 4.98 Å². The summed E-state index contributed by atoms with van der Waals surface area (Å²) >= 11 is 11.6. The lowest BCUT2D eigenvalue weighted by atomic mass is 10.2. The van der Waals surface area contributed by atoms with E-state index < -0.39 is 23.4 Å². The van der Waals surface area contributed by atoms with Crippen molar-refractivity contribution in [2.24, 2.45) is 0 Å². The summed E-state index contributed by atoms with van der Waals surface area (Å²) in [6.45, 7) is -0.538. The predicted octanol–water partition coefficient (Wildman–Crippen LogP) is 3.49. The standard InChI is InChI=1S/C16H11Cl2N3O5/c17-11-7-13(18)16(19-8-11)20-14(22)9-26-15(23)6-3-10-1-4-12(5-2-10)21(24)25/h1-8H,9H2,(H,19,20,22). The Morgan fingerprint density at radius 1 is 1.27 bits per heavy atom. The second-order valence-corrected chi connectivity index (χ2v) is 5.67. The number of anilines is 1. The van der Waals surface area contributed by atoms with Gasteiger partial charge in [-0.05, 0) is 29.8 Å². The van der Waals surface area contributed by atoms with Crippen LogP contribution in [0.5, 0.6) is 0 Å². The third-order valence-corrected chi connectivity index (χ3v) is 3.42. The van der Waals surface area contributed by atoms with Crippen molar-refractivity contribution in [2.75, 3.05) is 11.9 Å². The molecule has 0 aliphatic carbocycles. The van der Waals surface area contributed by atoms with Crippen LogP contribution in [0.15, 0.2) is 42.6 Å². The lowest BCUT2D eigenvalue weighted by Crippen LogP contribution is -2.20. The van der Waals surface area contributed by atoms with E-state index in [1.807, 2.05) is 0 Å². The number of benzene rings is 1. The number of halogens is 2. The van der Waals surface area contributed by atoms with Crippen molar-refractivity contribution in [3.8, 4) is 0 Å². The maximum atomic E-state index is 11.7. The Labute approximate surface area is 157 Å². The van der Waals surface area contributed by atoms with Gasteiger partial charge in [0.25, 0.3) is 11.6 Å². The number of non-ortho nitro benzene ring substituents is 1. The van der Waals surface area contributed by atoms with E-state index in [0.29, 0.717) is 10.6 Å². The molecule has 0 atom stereocenters. The van der Waals surface area contributed by atoms with Gasteiger partial charge in [0, 0.05) is 24.4 Å². The quantitative estimate of drug-likeness (QED) is 0.346. The number of nitro benzene ring substituents is 1. The van der Waals surface area contributed by atoms with Crippen molar-refractivity contribution in [2.45, 2.75) is 0 Å². The Balaban J connectivity index is 1.83. The second-order valence-electron chi connectivity index (χ2n) is 4.82. The third kappa shape index (κ3) is 5.83. The van der Waals surface area contributed by atoms with Crippen LogP contribution in [0.1, 0.15) is 5.56 Å². The molecule has 0 aliphatic heterocycles. The monoisotopic (exact) mass is 395 g/mol. The third-order valence-electron chi connectivity index (χ3n) is 2.93. The van der Waals surface area contributed by atoms with E-state index in [1.54, 1.807) is 0 Å². The van der Waals surface area contributed by atoms with Gasteiger partial charge in [0.1, 0.15) is 0 Å². The molecule has 0 saturated heterocycles. The number of amides is 1. The first-order chi connectivity index (χ1) is 12.3. The van der Waals surface area contributed by atoms with Gasteiger partial charge in [0.2, 0.25) is 0 Å². The minimum absolute atomic E-state index is 0.0594. The second kappa shape index (κ2) is 8.93. The van der Waals surface area contributed by atoms with E-state index in [4.69, 9.17) is 27.9 Å². The maximum Gasteiger partial charge on any atom is 0.331 e. The van der Waals surface area contributed by atoms with Crippen LogP contribution in [-0.2, 0) is 14.3 Å². The first-order valence-electron chi connectivity index (χ1n) is 7.05. The van der Waals surface area contributed by atoms with Crippen LogP contribution in [0, 0.1) is 10.1 Å². The molecule has 10 heteroatoms. The molecule has 8 nitrogen and oxygen atoms in total. The molecular weight excluding hydrogens is 385 g/mol. The van der Waals surface area contributed by atoms with E-state index in [9.17, 15) is 19.7 Å². The maximum absolute atomic E-state index is 11.7. The van der Waals surface area contributed by atoms with Crippen molar-refractivity contribution in [3.63, 3.8) is 0 Å². The molecule has 0 radical (unpaired) electrons. The van der Waals surface area contributed by atoms with Crippen LogP contribution >= 0.6 is 23.2 Å². The van der Waals surface area contributed by atoms with Gasteiger partial charge in [-0.25, -0.2) is 9.78 Å². The number of nitrogens with one attached hydrogen (secondary N) is 1. The Hall–Kier alpha value is -2.97. The van der Waals surface area contributed by atoms with E-state index >= 15 is 0 Å². The number of carbonyl (C=O) groups excluding carboxylic acids is 2. The van der Waals surface area contributed by atoms with Gasteiger partial charge < -0.3 is 10.1 Å². The lowest BCUT2D eigenvalue weighted by molar-refractivity contribution is -0.384. The number of esters is 1. The summed E-state index contributed by atoms with van der Waals surface area (Å²) < 4.78 is 4.78. The van der Waals surface area contributed by atoms with Crippen LogP contribution in [0.3, 0.4) is 0 Å². The molecule has 1 aromatic heterocycles. The molecule has 1 aromatic carbocycles. The number of hydrogen-bond donors (Lipinski definition) is 1. The van der Waals surface area contributed by atoms with Crippen LogP contribution in [0.25, 0.3) is 6.08 Å². The summed E-state index contributed by atoms with van der Waals surface area (Å²) in [5.74, 6) is -1.29. The summed E-state index contributed by atoms with van der Waals surface area (Å²) in [4.78, 5) is 37.2. The van der Waals surface area contributed by atoms with Crippen LogP contribution in [0.4, 0.5) is 11.5 Å². The minimum atomic E-state index is -0.756. The zero-order chi connectivity index (χ0) is 19.1. The predicted molar refractivity (Wildman–Crippen MR) is 96.0 cm³/mol. The SMILES string of the molecule is O=C(COC(=O)C=Cc1ccc([N+](=O)[O-])cc1)Nc1ncc(Cl)cc1Cl. The molecule has 0 aliphatic rings. The van der Waals surface area contributed by atoms with Gasteiger partial charge in [-0.3, -0.25) is 14.9 Å². The van der Waals surface area contributed by atoms with Gasteiger partial charge in [-0.1, -0.05) is 23.2 Å². The molecule has 26 heavy (non-hydrogen) atoms. The minimum Gasteiger partial charge on any atom is -0.452 e.